The number of unbranched alkanes of at least 4 members (excludes halogenated alkanes) is 2. The van der Waals surface area contributed by atoms with Gasteiger partial charge >= 0.3 is 11.9 Å². The van der Waals surface area contributed by atoms with E-state index < -0.39 is 17.4 Å². The summed E-state index contributed by atoms with van der Waals surface area (Å²) in [5, 5.41) is 20.7. The van der Waals surface area contributed by atoms with Crippen molar-refractivity contribution in [1.29, 1.82) is 0 Å². The molecule has 7 heteroatoms. The molecule has 0 saturated heterocycles. The molecule has 0 bridgehead atoms. The van der Waals surface area contributed by atoms with Crippen LogP contribution in [0.3, 0.4) is 0 Å². The van der Waals surface area contributed by atoms with Gasteiger partial charge in [0, 0.05) is 16.6 Å². The molecular weight excluding hydrogens is 845 g/mol. The zero-order valence-electron chi connectivity index (χ0n) is 43.2. The van der Waals surface area contributed by atoms with Crippen LogP contribution in [0, 0.1) is 23.2 Å². The summed E-state index contributed by atoms with van der Waals surface area (Å²) in [6, 6.07) is 18.7. The molecule has 0 amide bonds. The van der Waals surface area contributed by atoms with Crippen LogP contribution >= 0.6 is 0 Å². The van der Waals surface area contributed by atoms with Gasteiger partial charge < -0.3 is 24.4 Å². The predicted octanol–water partition coefficient (Wildman–Crippen LogP) is 14.4. The molecule has 0 spiro atoms. The lowest BCUT2D eigenvalue weighted by Crippen LogP contribution is -2.31. The van der Waals surface area contributed by atoms with Crippen LogP contribution in [0.25, 0.3) is 22.3 Å². The molecular formula is C61H88O7. The minimum Gasteiger partial charge on any atom is -0.493 e. The summed E-state index contributed by atoms with van der Waals surface area (Å²) in [7, 11) is 0. The van der Waals surface area contributed by atoms with Crippen molar-refractivity contribution in [3.63, 3.8) is 0 Å². The molecule has 2 aliphatic carbocycles. The smallest absolute Gasteiger partial charge is 0.333 e. The Balaban J connectivity index is 1.40. The monoisotopic (exact) mass is 933 g/mol. The van der Waals surface area contributed by atoms with Gasteiger partial charge in [-0.1, -0.05) is 122 Å². The van der Waals surface area contributed by atoms with Gasteiger partial charge in [0.2, 0.25) is 0 Å². The molecule has 2 saturated carbocycles. The van der Waals surface area contributed by atoms with Gasteiger partial charge in [-0.3, -0.25) is 0 Å². The number of esters is 2. The summed E-state index contributed by atoms with van der Waals surface area (Å²) >= 11 is 0. The number of ether oxygens (including phenoxy) is 3. The number of hydrogen-bond acceptors (Lipinski definition) is 7. The second kappa shape index (κ2) is 27.9. The maximum absolute atomic E-state index is 12.3. The van der Waals surface area contributed by atoms with Gasteiger partial charge in [-0.25, -0.2) is 9.59 Å². The van der Waals surface area contributed by atoms with E-state index in [1.165, 1.54) is 105 Å². The number of rotatable bonds is 28. The quantitative estimate of drug-likeness (QED) is 0.0425. The molecule has 0 unspecified atom stereocenters. The van der Waals surface area contributed by atoms with Crippen molar-refractivity contribution in [3.05, 3.63) is 101 Å². The number of aryl methyl sites for hydroxylation is 4. The van der Waals surface area contributed by atoms with Crippen LogP contribution in [0.2, 0.25) is 0 Å². The summed E-state index contributed by atoms with van der Waals surface area (Å²) in [6.07, 6.45) is 23.1. The van der Waals surface area contributed by atoms with E-state index in [4.69, 9.17) is 14.2 Å². The minimum absolute atomic E-state index is 0.123. The Kier molecular flexibility index (Phi) is 22.4. The molecule has 3 aromatic rings. The fourth-order valence-corrected chi connectivity index (χ4v) is 11.3. The van der Waals surface area contributed by atoms with Gasteiger partial charge in [-0.15, -0.1) is 0 Å². The molecule has 0 atom stereocenters. The Labute approximate surface area is 411 Å². The lowest BCUT2D eigenvalue weighted by molar-refractivity contribution is -0.139. The average Bonchev–Trinajstić information content (AvgIpc) is 3.36. The zero-order chi connectivity index (χ0) is 49.1. The second-order valence-corrected chi connectivity index (χ2v) is 20.7. The first-order valence-corrected chi connectivity index (χ1v) is 26.8. The number of carbonyl (C=O) groups is 2. The topological polar surface area (TPSA) is 102 Å². The van der Waals surface area contributed by atoms with E-state index in [1.807, 2.05) is 0 Å². The van der Waals surface area contributed by atoms with E-state index in [-0.39, 0.29) is 26.4 Å². The standard InChI is InChI=1S/C61H88O7/c1-9-13-14-17-45-20-22-48(23-21-45)49-24-26-50(27-25-49)51-28-30-56(46(11-3)37-51)52-29-31-57(47(12-4)38-52)55-39-53(18-15-34-67-59(64)43(5)6)58(66-36-33-61(41-62,42-63)32-10-2)54(40-55)19-16-35-68-60(65)44(7)8/h28-31,37-40,45,48-50,62-63H,5,7,9-27,32-36,41-42H2,1-4,6,8H3. The lowest BCUT2D eigenvalue weighted by atomic mass is 9.68. The predicted molar refractivity (Wildman–Crippen MR) is 280 cm³/mol. The first-order valence-electron chi connectivity index (χ1n) is 26.8. The number of aliphatic hydroxyl groups is 2. The molecule has 2 N–H and O–H groups in total. The maximum atomic E-state index is 12.3. The molecule has 0 aromatic heterocycles. The van der Waals surface area contributed by atoms with Crippen molar-refractivity contribution in [2.75, 3.05) is 33.0 Å². The number of hydrogen-bond donors (Lipinski definition) is 2. The highest BCUT2D eigenvalue weighted by Crippen LogP contribution is 2.46. The third-order valence-corrected chi connectivity index (χ3v) is 15.6. The highest BCUT2D eigenvalue weighted by atomic mass is 16.5. The normalized spacial score (nSPS) is 18.5. The summed E-state index contributed by atoms with van der Waals surface area (Å²) in [6.45, 7) is 20.2. The third-order valence-electron chi connectivity index (χ3n) is 15.6. The van der Waals surface area contributed by atoms with Crippen molar-refractivity contribution in [2.45, 2.75) is 182 Å². The van der Waals surface area contributed by atoms with Crippen molar-refractivity contribution >= 4 is 11.9 Å². The number of benzene rings is 3. The Morgan fingerprint density at radius 3 is 1.66 bits per heavy atom. The first kappa shape index (κ1) is 54.7. The average molecular weight is 933 g/mol. The Bertz CT molecular complexity index is 2020. The Hall–Kier alpha value is -4.20. The van der Waals surface area contributed by atoms with E-state index in [1.54, 1.807) is 13.8 Å². The SMILES string of the molecule is C=C(C)C(=O)OCCCc1cc(-c2ccc(-c3ccc(C4CCC(C5CCC(CCCCC)CC5)CC4)cc3CC)cc2CC)cc(CCCOC(=O)C(=C)C)c1OCCC(CO)(CO)CCC. The van der Waals surface area contributed by atoms with Crippen molar-refractivity contribution in [1.82, 2.24) is 0 Å². The molecule has 0 radical (unpaired) electrons. The van der Waals surface area contributed by atoms with Gasteiger partial charge in [-0.05, 0) is 190 Å². The molecule has 2 fully saturated rings. The highest BCUT2D eigenvalue weighted by Gasteiger charge is 2.32. The fourth-order valence-electron chi connectivity index (χ4n) is 11.3. The molecule has 68 heavy (non-hydrogen) atoms. The maximum Gasteiger partial charge on any atom is 0.333 e. The largest absolute Gasteiger partial charge is 0.493 e. The fraction of sp³-hybridized carbons (Fsp3) is 0.607. The van der Waals surface area contributed by atoms with E-state index in [9.17, 15) is 19.8 Å². The lowest BCUT2D eigenvalue weighted by Gasteiger charge is -2.38. The van der Waals surface area contributed by atoms with Gasteiger partial charge in [-0.2, -0.15) is 0 Å². The molecule has 7 nitrogen and oxygen atoms in total. The molecule has 374 valence electrons. The summed E-state index contributed by atoms with van der Waals surface area (Å²) in [4.78, 5) is 24.6. The van der Waals surface area contributed by atoms with Crippen LogP contribution in [0.1, 0.15) is 184 Å². The van der Waals surface area contributed by atoms with Gasteiger partial charge in [0.1, 0.15) is 5.75 Å². The van der Waals surface area contributed by atoms with Crippen LogP contribution in [-0.2, 0) is 44.7 Å². The van der Waals surface area contributed by atoms with Crippen LogP contribution in [0.5, 0.6) is 5.75 Å². The van der Waals surface area contributed by atoms with Crippen molar-refractivity contribution in [2.24, 2.45) is 23.2 Å². The molecule has 0 aliphatic heterocycles. The van der Waals surface area contributed by atoms with Gasteiger partial charge in [0.25, 0.3) is 0 Å². The van der Waals surface area contributed by atoms with E-state index in [0.29, 0.717) is 62.2 Å². The summed E-state index contributed by atoms with van der Waals surface area (Å²) in [5.41, 5.74) is 11.1. The Morgan fingerprint density at radius 2 is 1.13 bits per heavy atom. The van der Waals surface area contributed by atoms with Crippen LogP contribution in [0.15, 0.2) is 72.8 Å². The van der Waals surface area contributed by atoms with Crippen LogP contribution < -0.4 is 4.74 Å². The second-order valence-electron chi connectivity index (χ2n) is 20.7. The first-order chi connectivity index (χ1) is 32.9. The van der Waals surface area contributed by atoms with Crippen molar-refractivity contribution in [3.8, 4) is 28.0 Å². The number of carbonyl (C=O) groups excluding carboxylic acids is 2. The summed E-state index contributed by atoms with van der Waals surface area (Å²) in [5.74, 6) is 3.45. The highest BCUT2D eigenvalue weighted by molar-refractivity contribution is 5.87. The zero-order valence-corrected chi connectivity index (χ0v) is 43.2. The molecule has 0 heterocycles. The minimum atomic E-state index is -0.635. The molecule has 2 aliphatic rings. The number of aliphatic hydroxyl groups excluding tert-OH is 2. The molecule has 5 rings (SSSR count). The van der Waals surface area contributed by atoms with E-state index in [0.717, 1.165) is 65.0 Å². The van der Waals surface area contributed by atoms with Crippen molar-refractivity contribution < 1.29 is 34.0 Å². The summed E-state index contributed by atoms with van der Waals surface area (Å²) < 4.78 is 17.7. The van der Waals surface area contributed by atoms with Gasteiger partial charge in [0.15, 0.2) is 0 Å². The van der Waals surface area contributed by atoms with Crippen LogP contribution in [-0.4, -0.2) is 55.2 Å². The van der Waals surface area contributed by atoms with E-state index in [2.05, 4.69) is 89.4 Å². The van der Waals surface area contributed by atoms with E-state index >= 15 is 0 Å². The Morgan fingerprint density at radius 1 is 0.603 bits per heavy atom. The third kappa shape index (κ3) is 15.4. The van der Waals surface area contributed by atoms with Gasteiger partial charge in [0.05, 0.1) is 33.0 Å². The van der Waals surface area contributed by atoms with Crippen LogP contribution in [0.4, 0.5) is 0 Å². The molecule has 3 aromatic carbocycles.